The summed E-state index contributed by atoms with van der Waals surface area (Å²) in [5, 5.41) is 0. The third kappa shape index (κ3) is 9.97. The smallest absolute Gasteiger partial charge is 0.00848 e. The zero-order chi connectivity index (χ0) is 16.8. The molecule has 2 aliphatic rings. The van der Waals surface area contributed by atoms with Gasteiger partial charge >= 0.3 is 0 Å². The Morgan fingerprint density at radius 2 is 0.905 bits per heavy atom. The van der Waals surface area contributed by atoms with Gasteiger partial charge in [0.1, 0.15) is 0 Å². The monoisotopic (exact) mass is 362 g/mol. The van der Waals surface area contributed by atoms with Crippen LogP contribution in [0.25, 0.3) is 0 Å². The molecule has 2 rings (SSSR count). The highest BCUT2D eigenvalue weighted by Gasteiger charge is 2.31. The summed E-state index contributed by atoms with van der Waals surface area (Å²) in [6, 6.07) is 0. The molecule has 0 spiro atoms. The van der Waals surface area contributed by atoms with Crippen LogP contribution in [0.4, 0.5) is 0 Å². The summed E-state index contributed by atoms with van der Waals surface area (Å²) in [5.74, 6) is 6.99. The molecule has 0 radical (unpaired) electrons. The average Bonchev–Trinajstić information content (AvgIpc) is 2.53. The molecule has 0 heterocycles. The van der Waals surface area contributed by atoms with Gasteiger partial charge in [0.05, 0.1) is 0 Å². The fourth-order valence-corrected chi connectivity index (χ4v) is 4.15. The van der Waals surface area contributed by atoms with Gasteiger partial charge < -0.3 is 0 Å². The summed E-state index contributed by atoms with van der Waals surface area (Å²) in [6.45, 7) is 15.4. The predicted molar refractivity (Wildman–Crippen MR) is 104 cm³/mol. The lowest BCUT2D eigenvalue weighted by atomic mass is 9.67. The number of rotatable bonds is 1. The molecule has 0 aromatic carbocycles. The molecule has 0 nitrogen and oxygen atoms in total. The van der Waals surface area contributed by atoms with Crippen LogP contribution in [0.1, 0.15) is 93.4 Å². The van der Waals surface area contributed by atoms with Crippen molar-refractivity contribution in [3.8, 4) is 0 Å². The van der Waals surface area contributed by atoms with Gasteiger partial charge in [-0.05, 0) is 67.5 Å². The second-order valence-corrected chi connectivity index (χ2v) is 6.70. The van der Waals surface area contributed by atoms with Crippen molar-refractivity contribution in [2.45, 2.75) is 93.4 Å². The van der Waals surface area contributed by atoms with Gasteiger partial charge in [-0.1, -0.05) is 77.2 Å². The van der Waals surface area contributed by atoms with Gasteiger partial charge in [0.2, 0.25) is 0 Å². The molecule has 0 saturated heterocycles. The number of hydrogen-bond acceptors (Lipinski definition) is 0. The first-order valence-electron chi connectivity index (χ1n) is 9.53. The van der Waals surface area contributed by atoms with Crippen molar-refractivity contribution in [2.24, 2.45) is 29.6 Å². The van der Waals surface area contributed by atoms with E-state index < -0.39 is 0 Å². The van der Waals surface area contributed by atoms with Gasteiger partial charge in [0.25, 0.3) is 0 Å². The normalized spacial score (nSPS) is 35.0. The zero-order valence-electron chi connectivity index (χ0n) is 16.2. The van der Waals surface area contributed by atoms with Crippen LogP contribution >= 0.6 is 15.9 Å². The topological polar surface area (TPSA) is 0 Å². The van der Waals surface area contributed by atoms with Crippen molar-refractivity contribution < 1.29 is 0 Å². The van der Waals surface area contributed by atoms with Crippen molar-refractivity contribution in [1.29, 1.82) is 0 Å². The van der Waals surface area contributed by atoms with E-state index in [9.17, 15) is 0 Å². The minimum absolute atomic E-state index is 0.998. The Labute approximate surface area is 145 Å². The van der Waals surface area contributed by atoms with Gasteiger partial charge in [-0.15, -0.1) is 0 Å². The largest absolute Gasteiger partial charge is 0.0966 e. The maximum absolute atomic E-state index is 2.94. The Hall–Kier alpha value is 0.480. The first kappa shape index (κ1) is 23.7. The summed E-state index contributed by atoms with van der Waals surface area (Å²) < 4.78 is 0. The minimum Gasteiger partial charge on any atom is -0.0966 e. The molecule has 130 valence electrons. The van der Waals surface area contributed by atoms with E-state index in [2.05, 4.69) is 36.7 Å². The second-order valence-electron chi connectivity index (χ2n) is 6.70. The van der Waals surface area contributed by atoms with Crippen LogP contribution in [0.2, 0.25) is 0 Å². The molecular formula is C20H43Br. The highest BCUT2D eigenvalue weighted by molar-refractivity contribution is 9.08. The molecule has 0 N–H and O–H groups in total. The van der Waals surface area contributed by atoms with E-state index in [-0.39, 0.29) is 0 Å². The number of alkyl halides is 1. The lowest BCUT2D eigenvalue weighted by Gasteiger charge is -2.39. The van der Waals surface area contributed by atoms with E-state index in [4.69, 9.17) is 0 Å². The van der Waals surface area contributed by atoms with Crippen LogP contribution in [-0.4, -0.2) is 5.83 Å². The molecule has 2 atom stereocenters. The van der Waals surface area contributed by atoms with Crippen LogP contribution in [0, 0.1) is 29.6 Å². The molecule has 21 heavy (non-hydrogen) atoms. The highest BCUT2D eigenvalue weighted by Crippen LogP contribution is 2.43. The minimum atomic E-state index is 0.998. The van der Waals surface area contributed by atoms with E-state index in [1.807, 2.05) is 33.5 Å². The Balaban J connectivity index is 0. The Morgan fingerprint density at radius 1 is 0.524 bits per heavy atom. The van der Waals surface area contributed by atoms with Crippen molar-refractivity contribution in [3.05, 3.63) is 0 Å². The predicted octanol–water partition coefficient (Wildman–Crippen LogP) is 7.95. The molecule has 2 fully saturated rings. The lowest BCUT2D eigenvalue weighted by molar-refractivity contribution is 0.121. The van der Waals surface area contributed by atoms with Crippen molar-refractivity contribution >= 4 is 15.9 Å². The fourth-order valence-electron chi connectivity index (χ4n) is 4.15. The van der Waals surface area contributed by atoms with Gasteiger partial charge in [0.15, 0.2) is 0 Å². The highest BCUT2D eigenvalue weighted by atomic mass is 79.9. The van der Waals surface area contributed by atoms with Crippen molar-refractivity contribution in [1.82, 2.24) is 0 Å². The van der Waals surface area contributed by atoms with Gasteiger partial charge in [-0.3, -0.25) is 0 Å². The number of hydrogen-bond donors (Lipinski definition) is 0. The van der Waals surface area contributed by atoms with Gasteiger partial charge in [-0.2, -0.15) is 0 Å². The molecule has 2 saturated carbocycles. The van der Waals surface area contributed by atoms with Crippen LogP contribution in [-0.2, 0) is 0 Å². The zero-order valence-corrected chi connectivity index (χ0v) is 17.8. The SMILES string of the molecule is CBr.CC.CC.CC1CCC(C2CC(C)CC(C)C2)CC1. The van der Waals surface area contributed by atoms with Crippen molar-refractivity contribution in [3.63, 3.8) is 0 Å². The van der Waals surface area contributed by atoms with Crippen LogP contribution in [0.3, 0.4) is 0 Å². The standard InChI is InChI=1S/C15H28.2C2H6.CH3Br/c1-11-4-6-14(7-5-11)15-9-12(2)8-13(3)10-15;3*1-2/h11-15H,4-10H2,1-3H3;2*1-2H3;1H3. The Bertz CT molecular complexity index is 184. The van der Waals surface area contributed by atoms with E-state index in [0.717, 1.165) is 29.6 Å². The lowest BCUT2D eigenvalue weighted by Crippen LogP contribution is -2.28. The maximum Gasteiger partial charge on any atom is -0.00848 e. The van der Waals surface area contributed by atoms with Crippen molar-refractivity contribution in [2.75, 3.05) is 5.83 Å². The summed E-state index contributed by atoms with van der Waals surface area (Å²) in [7, 11) is 0. The van der Waals surface area contributed by atoms with Crippen LogP contribution in [0.15, 0.2) is 0 Å². The van der Waals surface area contributed by atoms with E-state index >= 15 is 0 Å². The van der Waals surface area contributed by atoms with E-state index in [0.29, 0.717) is 0 Å². The van der Waals surface area contributed by atoms with Gasteiger partial charge in [0, 0.05) is 0 Å². The maximum atomic E-state index is 2.94. The van der Waals surface area contributed by atoms with Crippen LogP contribution in [0.5, 0.6) is 0 Å². The molecule has 0 aromatic rings. The summed E-state index contributed by atoms with van der Waals surface area (Å²) in [5.41, 5.74) is 0. The molecule has 0 amide bonds. The molecule has 0 bridgehead atoms. The number of halogens is 1. The molecule has 0 aliphatic heterocycles. The Morgan fingerprint density at radius 3 is 1.29 bits per heavy atom. The summed E-state index contributed by atoms with van der Waals surface area (Å²) >= 11 is 2.94. The van der Waals surface area contributed by atoms with E-state index in [1.165, 1.54) is 44.9 Å². The first-order valence-corrected chi connectivity index (χ1v) is 11.1. The molecule has 0 aromatic heterocycles. The van der Waals surface area contributed by atoms with Crippen LogP contribution < -0.4 is 0 Å². The third-order valence-electron chi connectivity index (χ3n) is 4.94. The quantitative estimate of drug-likeness (QED) is 0.415. The molecule has 2 unspecified atom stereocenters. The van der Waals surface area contributed by atoms with E-state index in [1.54, 1.807) is 0 Å². The first-order chi connectivity index (χ1) is 10.1. The third-order valence-corrected chi connectivity index (χ3v) is 4.94. The Kier molecular flexibility index (Phi) is 17.4. The summed E-state index contributed by atoms with van der Waals surface area (Å²) in [6.07, 6.45) is 10.6. The average molecular weight is 363 g/mol. The van der Waals surface area contributed by atoms with Gasteiger partial charge in [-0.25, -0.2) is 0 Å². The second kappa shape index (κ2) is 15.4. The summed E-state index contributed by atoms with van der Waals surface area (Å²) in [4.78, 5) is 0. The fraction of sp³-hybridized carbons (Fsp3) is 1.00. The molecular weight excluding hydrogens is 320 g/mol. The molecule has 2 aliphatic carbocycles. The molecule has 1 heteroatoms.